The lowest BCUT2D eigenvalue weighted by atomic mass is 10.3. The fourth-order valence-electron chi connectivity index (χ4n) is 1.18. The fraction of sp³-hybridized carbons (Fsp3) is 0.333. The molecular formula is C9H10BrN3O2S. The van der Waals surface area contributed by atoms with Crippen LogP contribution in [0, 0.1) is 0 Å². The van der Waals surface area contributed by atoms with Crippen molar-refractivity contribution < 1.29 is 9.26 Å². The Morgan fingerprint density at radius 3 is 3.12 bits per heavy atom. The van der Waals surface area contributed by atoms with Crippen LogP contribution in [-0.2, 0) is 4.74 Å². The van der Waals surface area contributed by atoms with Crippen LogP contribution in [0.3, 0.4) is 0 Å². The average molecular weight is 304 g/mol. The molecule has 2 rings (SSSR count). The lowest BCUT2D eigenvalue weighted by Crippen LogP contribution is -2.17. The first kappa shape index (κ1) is 11.7. The number of aromatic nitrogens is 2. The zero-order valence-corrected chi connectivity index (χ0v) is 10.9. The predicted molar refractivity (Wildman–Crippen MR) is 64.1 cm³/mol. The molecular weight excluding hydrogens is 294 g/mol. The average Bonchev–Trinajstić information content (AvgIpc) is 2.85. The fourth-order valence-corrected chi connectivity index (χ4v) is 2.31. The van der Waals surface area contributed by atoms with E-state index in [1.54, 1.807) is 18.4 Å². The molecule has 7 heteroatoms. The van der Waals surface area contributed by atoms with Crippen molar-refractivity contribution >= 4 is 27.3 Å². The number of halogens is 1. The van der Waals surface area contributed by atoms with Crippen LogP contribution < -0.4 is 5.73 Å². The van der Waals surface area contributed by atoms with Crippen molar-refractivity contribution in [3.63, 3.8) is 0 Å². The Balaban J connectivity index is 2.19. The minimum absolute atomic E-state index is 0.357. The van der Waals surface area contributed by atoms with E-state index in [1.807, 2.05) is 11.4 Å². The summed E-state index contributed by atoms with van der Waals surface area (Å²) in [6, 6.07) is 1.56. The summed E-state index contributed by atoms with van der Waals surface area (Å²) >= 11 is 4.93. The third kappa shape index (κ3) is 2.49. The molecule has 0 aliphatic rings. The molecule has 0 bridgehead atoms. The molecule has 2 aromatic rings. The van der Waals surface area contributed by atoms with Crippen molar-refractivity contribution in [3.05, 3.63) is 21.1 Å². The Labute approximate surface area is 105 Å². The molecule has 1 unspecified atom stereocenters. The van der Waals surface area contributed by atoms with E-state index in [-0.39, 0.29) is 6.04 Å². The number of ether oxygens (including phenoxy) is 1. The number of rotatable bonds is 4. The van der Waals surface area contributed by atoms with Gasteiger partial charge in [-0.3, -0.25) is 0 Å². The summed E-state index contributed by atoms with van der Waals surface area (Å²) in [4.78, 5) is 4.22. The highest BCUT2D eigenvalue weighted by molar-refractivity contribution is 9.11. The first-order chi connectivity index (χ1) is 7.70. The van der Waals surface area contributed by atoms with Gasteiger partial charge >= 0.3 is 0 Å². The molecule has 0 spiro atoms. The van der Waals surface area contributed by atoms with Crippen LogP contribution in [0.4, 0.5) is 0 Å². The van der Waals surface area contributed by atoms with E-state index in [0.717, 1.165) is 9.35 Å². The van der Waals surface area contributed by atoms with Crippen LogP contribution in [0.25, 0.3) is 11.5 Å². The van der Waals surface area contributed by atoms with Crippen molar-refractivity contribution in [1.82, 2.24) is 10.1 Å². The van der Waals surface area contributed by atoms with Gasteiger partial charge in [-0.2, -0.15) is 4.98 Å². The summed E-state index contributed by atoms with van der Waals surface area (Å²) in [6.07, 6.45) is 0. The van der Waals surface area contributed by atoms with Crippen LogP contribution in [-0.4, -0.2) is 23.9 Å². The number of hydrogen-bond donors (Lipinski definition) is 1. The molecule has 0 fully saturated rings. The van der Waals surface area contributed by atoms with Gasteiger partial charge in [-0.05, 0) is 22.0 Å². The summed E-state index contributed by atoms with van der Waals surface area (Å²) < 4.78 is 11.1. The number of thiophene rings is 1. The quantitative estimate of drug-likeness (QED) is 0.937. The minimum Gasteiger partial charge on any atom is -0.383 e. The molecule has 5 nitrogen and oxygen atoms in total. The summed E-state index contributed by atoms with van der Waals surface area (Å²) in [5.41, 5.74) is 6.67. The van der Waals surface area contributed by atoms with Gasteiger partial charge in [-0.1, -0.05) is 5.16 Å². The molecule has 0 aliphatic heterocycles. The number of nitrogens with two attached hydrogens (primary N) is 1. The highest BCUT2D eigenvalue weighted by atomic mass is 79.9. The van der Waals surface area contributed by atoms with Crippen LogP contribution >= 0.6 is 27.3 Å². The van der Waals surface area contributed by atoms with E-state index in [4.69, 9.17) is 15.0 Å². The third-order valence-electron chi connectivity index (χ3n) is 1.93. The first-order valence-electron chi connectivity index (χ1n) is 4.53. The van der Waals surface area contributed by atoms with Crippen molar-refractivity contribution in [2.24, 2.45) is 5.73 Å². The van der Waals surface area contributed by atoms with E-state index >= 15 is 0 Å². The molecule has 0 saturated heterocycles. The Hall–Kier alpha value is -0.760. The van der Waals surface area contributed by atoms with Gasteiger partial charge in [0.1, 0.15) is 0 Å². The highest BCUT2D eigenvalue weighted by Gasteiger charge is 2.15. The number of nitrogens with zero attached hydrogens (tertiary/aromatic N) is 2. The molecule has 16 heavy (non-hydrogen) atoms. The molecule has 0 aromatic carbocycles. The van der Waals surface area contributed by atoms with E-state index in [0.29, 0.717) is 18.3 Å². The largest absolute Gasteiger partial charge is 0.383 e. The molecule has 86 valence electrons. The van der Waals surface area contributed by atoms with E-state index in [2.05, 4.69) is 26.1 Å². The number of methoxy groups -OCH3 is 1. The van der Waals surface area contributed by atoms with Crippen molar-refractivity contribution in [2.75, 3.05) is 13.7 Å². The van der Waals surface area contributed by atoms with Gasteiger partial charge in [0.2, 0.25) is 0 Å². The van der Waals surface area contributed by atoms with Crippen molar-refractivity contribution in [2.45, 2.75) is 6.04 Å². The maximum atomic E-state index is 5.79. The maximum Gasteiger partial charge on any atom is 0.258 e. The molecule has 0 amide bonds. The van der Waals surface area contributed by atoms with Crippen molar-refractivity contribution in [1.29, 1.82) is 0 Å². The van der Waals surface area contributed by atoms with Gasteiger partial charge in [0, 0.05) is 12.5 Å². The molecule has 2 N–H and O–H groups in total. The summed E-state index contributed by atoms with van der Waals surface area (Å²) in [5.74, 6) is 0.933. The Bertz CT molecular complexity index is 471. The third-order valence-corrected chi connectivity index (χ3v) is 3.44. The Kier molecular flexibility index (Phi) is 3.70. The summed E-state index contributed by atoms with van der Waals surface area (Å²) in [7, 11) is 1.58. The minimum atomic E-state index is -0.357. The van der Waals surface area contributed by atoms with Crippen LogP contribution in [0.15, 0.2) is 19.8 Å². The van der Waals surface area contributed by atoms with E-state index in [1.165, 1.54) is 0 Å². The zero-order chi connectivity index (χ0) is 11.5. The molecule has 0 radical (unpaired) electrons. The van der Waals surface area contributed by atoms with Crippen LogP contribution in [0.1, 0.15) is 11.9 Å². The second-order valence-corrected chi connectivity index (χ2v) is 5.45. The SMILES string of the molecule is COCC(N)c1noc(-c2csc(Br)c2)n1. The van der Waals surface area contributed by atoms with Gasteiger partial charge in [0.15, 0.2) is 5.82 Å². The second-order valence-electron chi connectivity index (χ2n) is 3.16. The van der Waals surface area contributed by atoms with Gasteiger partial charge in [0.25, 0.3) is 5.89 Å². The molecule has 2 aromatic heterocycles. The Morgan fingerprint density at radius 1 is 1.69 bits per heavy atom. The predicted octanol–water partition coefficient (Wildman–Crippen LogP) is 2.21. The number of hydrogen-bond acceptors (Lipinski definition) is 6. The lowest BCUT2D eigenvalue weighted by molar-refractivity contribution is 0.177. The normalized spacial score (nSPS) is 12.9. The van der Waals surface area contributed by atoms with Gasteiger partial charge < -0.3 is 15.0 Å². The van der Waals surface area contributed by atoms with Gasteiger partial charge in [0.05, 0.1) is 22.0 Å². The maximum absolute atomic E-state index is 5.79. The summed E-state index contributed by atoms with van der Waals surface area (Å²) in [5, 5.41) is 5.75. The molecule has 0 saturated carbocycles. The molecule has 0 aliphatic carbocycles. The van der Waals surface area contributed by atoms with E-state index < -0.39 is 0 Å². The topological polar surface area (TPSA) is 74.2 Å². The second kappa shape index (κ2) is 5.05. The molecule has 1 atom stereocenters. The van der Waals surface area contributed by atoms with Crippen LogP contribution in [0.5, 0.6) is 0 Å². The van der Waals surface area contributed by atoms with Gasteiger partial charge in [-0.25, -0.2) is 0 Å². The van der Waals surface area contributed by atoms with Crippen LogP contribution in [0.2, 0.25) is 0 Å². The zero-order valence-electron chi connectivity index (χ0n) is 8.51. The highest BCUT2D eigenvalue weighted by Crippen LogP contribution is 2.28. The van der Waals surface area contributed by atoms with Crippen molar-refractivity contribution in [3.8, 4) is 11.5 Å². The smallest absolute Gasteiger partial charge is 0.258 e. The summed E-state index contributed by atoms with van der Waals surface area (Å²) in [6.45, 7) is 0.367. The monoisotopic (exact) mass is 303 g/mol. The first-order valence-corrected chi connectivity index (χ1v) is 6.20. The lowest BCUT2D eigenvalue weighted by Gasteiger charge is -2.02. The Morgan fingerprint density at radius 2 is 2.50 bits per heavy atom. The van der Waals surface area contributed by atoms with Gasteiger partial charge in [-0.15, -0.1) is 11.3 Å². The van der Waals surface area contributed by atoms with E-state index in [9.17, 15) is 0 Å². The molecule has 2 heterocycles. The standard InChI is InChI=1S/C9H10BrN3O2S/c1-14-3-6(11)8-12-9(15-13-8)5-2-7(10)16-4-5/h2,4,6H,3,11H2,1H3.